The predicted molar refractivity (Wildman–Crippen MR) is 76.4 cm³/mol. The highest BCUT2D eigenvalue weighted by Gasteiger charge is 2.39. The molecular formula is C15H17F3N4O. The Labute approximate surface area is 131 Å². The predicted octanol–water partition coefficient (Wildman–Crippen LogP) is 2.23. The Morgan fingerprint density at radius 3 is 2.78 bits per heavy atom. The van der Waals surface area contributed by atoms with Crippen LogP contribution in [-0.4, -0.2) is 38.5 Å². The maximum atomic E-state index is 12.7. The average molecular weight is 326 g/mol. The zero-order valence-electron chi connectivity index (χ0n) is 12.6. The molecule has 5 nitrogen and oxygen atoms in total. The number of nitrogens with zero attached hydrogens (tertiary/aromatic N) is 3. The van der Waals surface area contributed by atoms with Crippen LogP contribution in [-0.2, 0) is 18.3 Å². The number of rotatable bonds is 3. The number of aryl methyl sites for hydroxylation is 1. The fourth-order valence-electron chi connectivity index (χ4n) is 2.93. The third-order valence-electron chi connectivity index (χ3n) is 4.28. The number of likely N-dealkylation sites (tertiary alicyclic amines) is 1. The smallest absolute Gasteiger partial charge is 0.382 e. The van der Waals surface area contributed by atoms with Gasteiger partial charge in [0.1, 0.15) is 11.3 Å². The summed E-state index contributed by atoms with van der Waals surface area (Å²) in [7, 11) is 0. The van der Waals surface area contributed by atoms with Gasteiger partial charge in [0, 0.05) is 19.6 Å². The van der Waals surface area contributed by atoms with Gasteiger partial charge in [0.2, 0.25) is 0 Å². The first-order valence-corrected chi connectivity index (χ1v) is 7.26. The number of H-pyrrole nitrogens is 1. The number of benzene rings is 1. The molecule has 0 radical (unpaired) electrons. The number of alkyl halides is 3. The van der Waals surface area contributed by atoms with Crippen LogP contribution in [0.2, 0.25) is 0 Å². The molecule has 1 aliphatic heterocycles. The van der Waals surface area contributed by atoms with Gasteiger partial charge in [0.15, 0.2) is 0 Å². The molecular weight excluding hydrogens is 309 g/mol. The Kier molecular flexibility index (Phi) is 3.89. The van der Waals surface area contributed by atoms with Crippen LogP contribution in [0.15, 0.2) is 24.4 Å². The van der Waals surface area contributed by atoms with Crippen molar-refractivity contribution in [3.8, 4) is 0 Å². The van der Waals surface area contributed by atoms with Gasteiger partial charge < -0.3 is 5.11 Å². The van der Waals surface area contributed by atoms with Crippen molar-refractivity contribution in [2.24, 2.45) is 0 Å². The molecule has 1 saturated heterocycles. The second-order valence-electron chi connectivity index (χ2n) is 5.99. The highest BCUT2D eigenvalue weighted by atomic mass is 19.4. The van der Waals surface area contributed by atoms with Crippen molar-refractivity contribution in [1.29, 1.82) is 0 Å². The summed E-state index contributed by atoms with van der Waals surface area (Å²) in [5.41, 5.74) is 0.204. The van der Waals surface area contributed by atoms with Gasteiger partial charge >= 0.3 is 6.18 Å². The minimum absolute atomic E-state index is 0.375. The number of halogens is 3. The number of nitrogens with one attached hydrogen (secondary N) is 1. The molecule has 2 heterocycles. The van der Waals surface area contributed by atoms with Crippen LogP contribution >= 0.6 is 0 Å². The number of hydrogen-bond donors (Lipinski definition) is 2. The molecule has 1 aliphatic rings. The van der Waals surface area contributed by atoms with Crippen LogP contribution in [0.5, 0.6) is 0 Å². The van der Waals surface area contributed by atoms with Crippen LogP contribution < -0.4 is 0 Å². The van der Waals surface area contributed by atoms with Gasteiger partial charge in [-0.25, -0.2) is 0 Å². The fourth-order valence-corrected chi connectivity index (χ4v) is 2.93. The van der Waals surface area contributed by atoms with Crippen molar-refractivity contribution in [3.05, 3.63) is 46.8 Å². The van der Waals surface area contributed by atoms with E-state index in [4.69, 9.17) is 0 Å². The van der Waals surface area contributed by atoms with E-state index in [9.17, 15) is 18.3 Å². The quantitative estimate of drug-likeness (QED) is 0.908. The van der Waals surface area contributed by atoms with E-state index in [0.29, 0.717) is 37.3 Å². The fraction of sp³-hybridized carbons (Fsp3) is 0.467. The van der Waals surface area contributed by atoms with Crippen molar-refractivity contribution in [1.82, 2.24) is 20.3 Å². The van der Waals surface area contributed by atoms with E-state index in [1.54, 1.807) is 6.92 Å². The minimum Gasteiger partial charge on any atom is -0.382 e. The minimum atomic E-state index is -4.33. The molecule has 23 heavy (non-hydrogen) atoms. The third-order valence-corrected chi connectivity index (χ3v) is 4.28. The number of aromatic amines is 1. The molecule has 2 N–H and O–H groups in total. The molecule has 0 amide bonds. The normalized spacial score (nSPS) is 22.7. The van der Waals surface area contributed by atoms with Crippen molar-refractivity contribution in [3.63, 3.8) is 0 Å². The van der Waals surface area contributed by atoms with Crippen molar-refractivity contribution in [2.45, 2.75) is 31.7 Å². The standard InChI is InChI=1S/C15H17F3N4O/c1-10-6-12(15(16,17)18)3-2-11(10)8-22-5-4-14(23,9-22)13-7-19-21-20-13/h2-3,6-7,23H,4-5,8-9H2,1H3,(H,19,20,21). The Morgan fingerprint density at radius 2 is 2.17 bits per heavy atom. The maximum absolute atomic E-state index is 12.7. The topological polar surface area (TPSA) is 65.0 Å². The SMILES string of the molecule is Cc1cc(C(F)(F)F)ccc1CN1CCC(O)(c2cn[nH]n2)C1. The molecule has 3 rings (SSSR count). The molecule has 1 unspecified atom stereocenters. The van der Waals surface area contributed by atoms with E-state index in [-0.39, 0.29) is 0 Å². The summed E-state index contributed by atoms with van der Waals surface area (Å²) in [6.45, 7) is 3.18. The number of aromatic nitrogens is 3. The monoisotopic (exact) mass is 326 g/mol. The number of hydrogen-bond acceptors (Lipinski definition) is 4. The first-order chi connectivity index (χ1) is 10.8. The average Bonchev–Trinajstić information content (AvgIpc) is 3.11. The van der Waals surface area contributed by atoms with Gasteiger partial charge in [-0.1, -0.05) is 6.07 Å². The largest absolute Gasteiger partial charge is 0.416 e. The molecule has 0 bridgehead atoms. The Bertz CT molecular complexity index is 687. The lowest BCUT2D eigenvalue weighted by molar-refractivity contribution is -0.137. The summed E-state index contributed by atoms with van der Waals surface area (Å²) in [5, 5.41) is 20.7. The van der Waals surface area contributed by atoms with Crippen LogP contribution in [0, 0.1) is 6.92 Å². The molecule has 124 valence electrons. The Hall–Kier alpha value is -1.93. The lowest BCUT2D eigenvalue weighted by Crippen LogP contribution is -2.31. The zero-order chi connectivity index (χ0) is 16.7. The first-order valence-electron chi connectivity index (χ1n) is 7.26. The maximum Gasteiger partial charge on any atom is 0.416 e. The van der Waals surface area contributed by atoms with Crippen molar-refractivity contribution >= 4 is 0 Å². The Morgan fingerprint density at radius 1 is 1.39 bits per heavy atom. The molecule has 8 heteroatoms. The van der Waals surface area contributed by atoms with E-state index < -0.39 is 17.3 Å². The van der Waals surface area contributed by atoms with E-state index >= 15 is 0 Å². The van der Waals surface area contributed by atoms with Crippen LogP contribution in [0.1, 0.15) is 28.8 Å². The van der Waals surface area contributed by atoms with Crippen LogP contribution in [0.4, 0.5) is 13.2 Å². The molecule has 2 aromatic rings. The van der Waals surface area contributed by atoms with Crippen LogP contribution in [0.3, 0.4) is 0 Å². The summed E-state index contributed by atoms with van der Waals surface area (Å²) in [6, 6.07) is 3.77. The molecule has 1 fully saturated rings. The van der Waals surface area contributed by atoms with Gasteiger partial charge in [-0.05, 0) is 36.6 Å². The lowest BCUT2D eigenvalue weighted by atomic mass is 10.00. The van der Waals surface area contributed by atoms with Gasteiger partial charge in [0.05, 0.1) is 11.8 Å². The Balaban J connectivity index is 1.72. The van der Waals surface area contributed by atoms with E-state index in [1.165, 1.54) is 12.3 Å². The van der Waals surface area contributed by atoms with Gasteiger partial charge in [-0.15, -0.1) is 0 Å². The first kappa shape index (κ1) is 15.9. The third kappa shape index (κ3) is 3.23. The molecule has 0 aliphatic carbocycles. The number of β-amino-alcohol motifs (C(OH)–C–C–N with tert-alkyl or cyclic N) is 1. The number of aliphatic hydroxyl groups is 1. The van der Waals surface area contributed by atoms with Crippen LogP contribution in [0.25, 0.3) is 0 Å². The molecule has 0 spiro atoms. The lowest BCUT2D eigenvalue weighted by Gasteiger charge is -2.22. The molecule has 1 aromatic heterocycles. The summed E-state index contributed by atoms with van der Waals surface area (Å²) in [4.78, 5) is 2.00. The van der Waals surface area contributed by atoms with Crippen molar-refractivity contribution < 1.29 is 18.3 Å². The molecule has 1 atom stereocenters. The van der Waals surface area contributed by atoms with Gasteiger partial charge in [-0.3, -0.25) is 4.90 Å². The second-order valence-corrected chi connectivity index (χ2v) is 5.99. The van der Waals surface area contributed by atoms with Crippen molar-refractivity contribution in [2.75, 3.05) is 13.1 Å². The van der Waals surface area contributed by atoms with Gasteiger partial charge in [0.25, 0.3) is 0 Å². The molecule has 1 aromatic carbocycles. The highest BCUT2D eigenvalue weighted by molar-refractivity contribution is 5.32. The second kappa shape index (κ2) is 5.61. The summed E-state index contributed by atoms with van der Waals surface area (Å²) < 4.78 is 38.1. The molecule has 0 saturated carbocycles. The summed E-state index contributed by atoms with van der Waals surface area (Å²) in [6.07, 6.45) is -2.32. The van der Waals surface area contributed by atoms with E-state index in [2.05, 4.69) is 15.4 Å². The summed E-state index contributed by atoms with van der Waals surface area (Å²) >= 11 is 0. The van der Waals surface area contributed by atoms with Gasteiger partial charge in [-0.2, -0.15) is 28.6 Å². The zero-order valence-corrected chi connectivity index (χ0v) is 12.6. The van der Waals surface area contributed by atoms with E-state index in [0.717, 1.165) is 17.7 Å². The summed E-state index contributed by atoms with van der Waals surface area (Å²) in [5.74, 6) is 0. The van der Waals surface area contributed by atoms with E-state index in [1.807, 2.05) is 4.90 Å². The highest BCUT2D eigenvalue weighted by Crippen LogP contribution is 2.33.